The van der Waals surface area contributed by atoms with Gasteiger partial charge in [-0.25, -0.2) is 0 Å². The molecule has 3 saturated carbocycles. The number of carbonyl (C=O) groups is 1. The molecule has 0 spiro atoms. The fraction of sp³-hybridized carbons (Fsp3) is 0.850. The van der Waals surface area contributed by atoms with Crippen molar-refractivity contribution >= 4 is 5.91 Å². The zero-order chi connectivity index (χ0) is 16.6. The maximum atomic E-state index is 12.1. The lowest BCUT2D eigenvalue weighted by Crippen LogP contribution is -2.60. The lowest BCUT2D eigenvalue weighted by Gasteiger charge is -2.60. The molecular formula is C20H31NO2. The zero-order valence-corrected chi connectivity index (χ0v) is 15.0. The van der Waals surface area contributed by atoms with E-state index < -0.39 is 5.60 Å². The molecule has 1 heterocycles. The lowest BCUT2D eigenvalue weighted by atomic mass is 9.47. The molecule has 0 radical (unpaired) electrons. The second-order valence-corrected chi connectivity index (χ2v) is 9.39. The Labute approximate surface area is 140 Å². The summed E-state index contributed by atoms with van der Waals surface area (Å²) in [5.74, 6) is 2.16. The number of hydrogen-bond acceptors (Lipinski definition) is 2. The summed E-state index contributed by atoms with van der Waals surface area (Å²) in [5, 5.41) is 10.9. The van der Waals surface area contributed by atoms with E-state index in [4.69, 9.17) is 0 Å². The van der Waals surface area contributed by atoms with Crippen LogP contribution in [0, 0.1) is 28.6 Å². The van der Waals surface area contributed by atoms with Crippen molar-refractivity contribution in [3.8, 4) is 0 Å². The van der Waals surface area contributed by atoms with Crippen molar-refractivity contribution in [2.75, 3.05) is 7.05 Å². The molecule has 7 atom stereocenters. The summed E-state index contributed by atoms with van der Waals surface area (Å²) in [5.41, 5.74) is -0.311. The van der Waals surface area contributed by atoms with E-state index in [0.29, 0.717) is 23.8 Å². The third kappa shape index (κ3) is 1.83. The van der Waals surface area contributed by atoms with E-state index in [1.807, 2.05) is 11.9 Å². The van der Waals surface area contributed by atoms with Crippen molar-refractivity contribution in [1.29, 1.82) is 0 Å². The van der Waals surface area contributed by atoms with Crippen LogP contribution in [0.25, 0.3) is 0 Å². The minimum atomic E-state index is -0.504. The number of rotatable bonds is 0. The third-order valence-electron chi connectivity index (χ3n) is 8.69. The highest BCUT2D eigenvalue weighted by molar-refractivity contribution is 5.89. The van der Waals surface area contributed by atoms with Gasteiger partial charge in [-0.05, 0) is 74.7 Å². The molecule has 3 fully saturated rings. The molecule has 0 aromatic rings. The van der Waals surface area contributed by atoms with Crippen molar-refractivity contribution in [3.63, 3.8) is 0 Å². The monoisotopic (exact) mass is 317 g/mol. The van der Waals surface area contributed by atoms with Crippen LogP contribution >= 0.6 is 0 Å². The average Bonchev–Trinajstić information content (AvgIpc) is 2.74. The maximum Gasteiger partial charge on any atom is 0.246 e. The Morgan fingerprint density at radius 2 is 1.78 bits per heavy atom. The largest absolute Gasteiger partial charge is 0.390 e. The molecule has 0 aromatic carbocycles. The number of amides is 1. The lowest BCUT2D eigenvalue weighted by molar-refractivity contribution is -0.146. The van der Waals surface area contributed by atoms with Crippen LogP contribution in [0.15, 0.2) is 12.2 Å². The van der Waals surface area contributed by atoms with E-state index in [1.54, 1.807) is 6.08 Å². The Kier molecular flexibility index (Phi) is 3.15. The van der Waals surface area contributed by atoms with Gasteiger partial charge in [-0.3, -0.25) is 4.79 Å². The molecule has 0 aromatic heterocycles. The zero-order valence-electron chi connectivity index (χ0n) is 15.0. The molecule has 1 amide bonds. The van der Waals surface area contributed by atoms with Gasteiger partial charge in [0.1, 0.15) is 0 Å². The van der Waals surface area contributed by atoms with Gasteiger partial charge in [-0.15, -0.1) is 0 Å². The predicted molar refractivity (Wildman–Crippen MR) is 90.7 cm³/mol. The minimum Gasteiger partial charge on any atom is -0.390 e. The first kappa shape index (κ1) is 15.7. The average molecular weight is 317 g/mol. The first-order valence-corrected chi connectivity index (χ1v) is 9.39. The number of aliphatic hydroxyl groups is 1. The standard InChI is InChI=1S/C20H31NO2/c1-18-10-9-17(22)21(4)16(18)6-5-13-14(18)7-11-19(2)15(13)8-12-20(19,3)23/h9-10,13-16,23H,5-8,11-12H2,1-4H3/t13-,14-,15+,16?,18-,19+,20?/m1/s1. The first-order chi connectivity index (χ1) is 10.7. The Bertz CT molecular complexity index is 568. The van der Waals surface area contributed by atoms with Gasteiger partial charge in [0, 0.05) is 18.5 Å². The van der Waals surface area contributed by atoms with Crippen LogP contribution in [0.4, 0.5) is 0 Å². The summed E-state index contributed by atoms with van der Waals surface area (Å²) < 4.78 is 0. The van der Waals surface area contributed by atoms with E-state index in [9.17, 15) is 9.90 Å². The van der Waals surface area contributed by atoms with Gasteiger partial charge in [0.15, 0.2) is 0 Å². The predicted octanol–water partition coefficient (Wildman–Crippen LogP) is 3.38. The number of hydrogen-bond donors (Lipinski definition) is 1. The Morgan fingerprint density at radius 3 is 2.52 bits per heavy atom. The van der Waals surface area contributed by atoms with Gasteiger partial charge in [0.2, 0.25) is 5.91 Å². The van der Waals surface area contributed by atoms with Crippen LogP contribution in [0.5, 0.6) is 0 Å². The fourth-order valence-electron chi connectivity index (χ4n) is 6.98. The van der Waals surface area contributed by atoms with Crippen LogP contribution in [0.1, 0.15) is 59.3 Å². The summed E-state index contributed by atoms with van der Waals surface area (Å²) in [6.45, 7) is 6.78. The summed E-state index contributed by atoms with van der Waals surface area (Å²) in [6.07, 6.45) is 10.8. The molecule has 3 heteroatoms. The molecule has 3 aliphatic carbocycles. The van der Waals surface area contributed by atoms with Gasteiger partial charge in [0.05, 0.1) is 5.60 Å². The molecule has 4 rings (SSSR count). The van der Waals surface area contributed by atoms with E-state index in [1.165, 1.54) is 19.3 Å². The normalized spacial score (nSPS) is 55.3. The molecule has 128 valence electrons. The van der Waals surface area contributed by atoms with Gasteiger partial charge < -0.3 is 10.0 Å². The van der Waals surface area contributed by atoms with E-state index in [-0.39, 0.29) is 16.7 Å². The van der Waals surface area contributed by atoms with Gasteiger partial charge in [0.25, 0.3) is 0 Å². The van der Waals surface area contributed by atoms with Crippen LogP contribution in [-0.4, -0.2) is 34.6 Å². The van der Waals surface area contributed by atoms with Gasteiger partial charge >= 0.3 is 0 Å². The van der Waals surface area contributed by atoms with Crippen molar-refractivity contribution in [1.82, 2.24) is 4.90 Å². The van der Waals surface area contributed by atoms with Crippen LogP contribution in [0.3, 0.4) is 0 Å². The highest BCUT2D eigenvalue weighted by Crippen LogP contribution is 2.66. The van der Waals surface area contributed by atoms with Crippen LogP contribution < -0.4 is 0 Å². The first-order valence-electron chi connectivity index (χ1n) is 9.39. The molecule has 1 N–H and O–H groups in total. The Balaban J connectivity index is 1.70. The van der Waals surface area contributed by atoms with Crippen LogP contribution in [0.2, 0.25) is 0 Å². The van der Waals surface area contributed by atoms with Crippen molar-refractivity contribution in [2.24, 2.45) is 28.6 Å². The number of fused-ring (bicyclic) bond motifs is 5. The number of likely N-dealkylation sites (N-methyl/N-ethyl adjacent to an activating group) is 1. The second kappa shape index (κ2) is 4.62. The van der Waals surface area contributed by atoms with E-state index in [0.717, 1.165) is 19.3 Å². The fourth-order valence-corrected chi connectivity index (χ4v) is 6.98. The summed E-state index contributed by atoms with van der Waals surface area (Å²) in [4.78, 5) is 14.1. The number of nitrogens with zero attached hydrogens (tertiary/aromatic N) is 1. The van der Waals surface area contributed by atoms with E-state index >= 15 is 0 Å². The minimum absolute atomic E-state index is 0.0808. The smallest absolute Gasteiger partial charge is 0.246 e. The number of carbonyl (C=O) groups excluding carboxylic acids is 1. The van der Waals surface area contributed by atoms with Crippen molar-refractivity contribution < 1.29 is 9.90 Å². The topological polar surface area (TPSA) is 40.5 Å². The molecule has 0 saturated heterocycles. The Morgan fingerprint density at radius 1 is 1.09 bits per heavy atom. The maximum absolute atomic E-state index is 12.1. The molecule has 2 unspecified atom stereocenters. The quantitative estimate of drug-likeness (QED) is 0.744. The SMILES string of the molecule is CN1C(=O)C=C[C@@]2(C)C1CC[C@@H]1[C@H]2CC[C@@]2(C)[C@H]1CCC2(C)O. The van der Waals surface area contributed by atoms with Crippen molar-refractivity contribution in [3.05, 3.63) is 12.2 Å². The van der Waals surface area contributed by atoms with Crippen molar-refractivity contribution in [2.45, 2.75) is 70.9 Å². The summed E-state index contributed by atoms with van der Waals surface area (Å²) in [6, 6.07) is 0.354. The van der Waals surface area contributed by atoms with Gasteiger partial charge in [-0.1, -0.05) is 19.9 Å². The highest BCUT2D eigenvalue weighted by Gasteiger charge is 2.63. The second-order valence-electron chi connectivity index (χ2n) is 9.39. The third-order valence-corrected chi connectivity index (χ3v) is 8.69. The molecule has 0 bridgehead atoms. The summed E-state index contributed by atoms with van der Waals surface area (Å²) in [7, 11) is 1.97. The molecule has 23 heavy (non-hydrogen) atoms. The van der Waals surface area contributed by atoms with Gasteiger partial charge in [-0.2, -0.15) is 0 Å². The molecular weight excluding hydrogens is 286 g/mol. The highest BCUT2D eigenvalue weighted by atomic mass is 16.3. The molecule has 1 aliphatic heterocycles. The summed E-state index contributed by atoms with van der Waals surface area (Å²) >= 11 is 0. The molecule has 3 nitrogen and oxygen atoms in total. The molecule has 4 aliphatic rings. The van der Waals surface area contributed by atoms with Crippen LogP contribution in [-0.2, 0) is 4.79 Å². The Hall–Kier alpha value is -0.830. The van der Waals surface area contributed by atoms with E-state index in [2.05, 4.69) is 26.8 Å².